The Morgan fingerprint density at radius 2 is 1.44 bits per heavy atom. The first-order valence-corrected chi connectivity index (χ1v) is 9.79. The quantitative estimate of drug-likeness (QED) is 0.378. The summed E-state index contributed by atoms with van der Waals surface area (Å²) in [6.45, 7) is -0.284. The molecule has 0 saturated carbocycles. The number of carbonyl (C=O) groups is 2. The Bertz CT molecular complexity index is 1050. The third-order valence-corrected chi connectivity index (χ3v) is 4.15. The minimum Gasteiger partial charge on any atom is -0.495 e. The van der Waals surface area contributed by atoms with Crippen LogP contribution in [0.2, 0.25) is 0 Å². The highest BCUT2D eigenvalue weighted by atomic mass is 16.5. The van der Waals surface area contributed by atoms with Gasteiger partial charge in [0.15, 0.2) is 13.2 Å². The summed E-state index contributed by atoms with van der Waals surface area (Å²) < 4.78 is 16.0. The van der Waals surface area contributed by atoms with Crippen molar-refractivity contribution in [1.29, 1.82) is 0 Å². The normalized spacial score (nSPS) is 10.4. The van der Waals surface area contributed by atoms with Gasteiger partial charge in [-0.05, 0) is 54.1 Å². The molecule has 0 bridgehead atoms. The van der Waals surface area contributed by atoms with E-state index in [2.05, 4.69) is 15.8 Å². The summed E-state index contributed by atoms with van der Waals surface area (Å²) in [5.74, 6) is 1.03. The number of methoxy groups -OCH3 is 1. The van der Waals surface area contributed by atoms with Crippen LogP contribution in [0.1, 0.15) is 5.56 Å². The van der Waals surface area contributed by atoms with Gasteiger partial charge in [0.2, 0.25) is 0 Å². The van der Waals surface area contributed by atoms with Gasteiger partial charge in [-0.1, -0.05) is 30.3 Å². The summed E-state index contributed by atoms with van der Waals surface area (Å²) >= 11 is 0. The topological polar surface area (TPSA) is 98.3 Å². The maximum atomic E-state index is 12.1. The summed E-state index contributed by atoms with van der Waals surface area (Å²) in [4.78, 5) is 23.9. The first-order valence-electron chi connectivity index (χ1n) is 9.79. The van der Waals surface area contributed by atoms with E-state index in [1.807, 2.05) is 24.3 Å². The lowest BCUT2D eigenvalue weighted by Gasteiger charge is -2.10. The molecule has 8 heteroatoms. The molecule has 2 N–H and O–H groups in total. The zero-order valence-corrected chi connectivity index (χ0v) is 17.5. The molecule has 0 fully saturated rings. The SMILES string of the molecule is COc1ccccc1NC(=O)COc1ccc(/C=N/NC(=O)COc2ccccc2)cc1. The van der Waals surface area contributed by atoms with Crippen LogP contribution in [0.15, 0.2) is 84.0 Å². The molecular formula is C24H23N3O5. The molecule has 0 saturated heterocycles. The van der Waals surface area contributed by atoms with Crippen LogP contribution < -0.4 is 25.0 Å². The second-order valence-corrected chi connectivity index (χ2v) is 6.50. The Morgan fingerprint density at radius 3 is 2.16 bits per heavy atom. The molecule has 0 atom stereocenters. The Labute approximate surface area is 185 Å². The molecule has 0 aliphatic heterocycles. The smallest absolute Gasteiger partial charge is 0.277 e. The van der Waals surface area contributed by atoms with Crippen LogP contribution in [-0.4, -0.2) is 38.4 Å². The Morgan fingerprint density at radius 1 is 0.812 bits per heavy atom. The van der Waals surface area contributed by atoms with Gasteiger partial charge in [-0.2, -0.15) is 5.10 Å². The van der Waals surface area contributed by atoms with E-state index >= 15 is 0 Å². The fourth-order valence-electron chi connectivity index (χ4n) is 2.61. The summed E-state index contributed by atoms with van der Waals surface area (Å²) in [7, 11) is 1.54. The minimum atomic E-state index is -0.369. The number of hydrazone groups is 1. The van der Waals surface area contributed by atoms with Gasteiger partial charge in [0.1, 0.15) is 17.2 Å². The van der Waals surface area contributed by atoms with Crippen molar-refractivity contribution < 1.29 is 23.8 Å². The maximum Gasteiger partial charge on any atom is 0.277 e. The number of para-hydroxylation sites is 3. The van der Waals surface area contributed by atoms with E-state index in [0.29, 0.717) is 22.9 Å². The number of anilines is 1. The van der Waals surface area contributed by atoms with Gasteiger partial charge in [-0.15, -0.1) is 0 Å². The van der Waals surface area contributed by atoms with Gasteiger partial charge in [-0.3, -0.25) is 9.59 Å². The van der Waals surface area contributed by atoms with Gasteiger partial charge in [0.25, 0.3) is 11.8 Å². The molecule has 0 aromatic heterocycles. The first kappa shape index (κ1) is 22.4. The summed E-state index contributed by atoms with van der Waals surface area (Å²) in [6, 6.07) is 23.1. The van der Waals surface area contributed by atoms with E-state index < -0.39 is 0 Å². The van der Waals surface area contributed by atoms with Gasteiger partial charge < -0.3 is 19.5 Å². The number of carbonyl (C=O) groups excluding carboxylic acids is 2. The van der Waals surface area contributed by atoms with Crippen LogP contribution in [0.5, 0.6) is 17.2 Å². The lowest BCUT2D eigenvalue weighted by molar-refractivity contribution is -0.123. The lowest BCUT2D eigenvalue weighted by atomic mass is 10.2. The zero-order chi connectivity index (χ0) is 22.6. The Balaban J connectivity index is 1.40. The highest BCUT2D eigenvalue weighted by molar-refractivity contribution is 5.93. The molecule has 32 heavy (non-hydrogen) atoms. The van der Waals surface area contributed by atoms with Crippen molar-refractivity contribution in [2.75, 3.05) is 25.6 Å². The summed E-state index contributed by atoms with van der Waals surface area (Å²) in [5, 5.41) is 6.64. The van der Waals surface area contributed by atoms with E-state index in [1.54, 1.807) is 54.6 Å². The van der Waals surface area contributed by atoms with Crippen molar-refractivity contribution in [2.45, 2.75) is 0 Å². The molecule has 2 amide bonds. The number of rotatable bonds is 10. The molecule has 0 spiro atoms. The van der Waals surface area contributed by atoms with Gasteiger partial charge >= 0.3 is 0 Å². The average molecular weight is 433 g/mol. The third-order valence-electron chi connectivity index (χ3n) is 4.15. The molecule has 0 aliphatic rings. The van der Waals surface area contributed by atoms with Crippen LogP contribution in [0.25, 0.3) is 0 Å². The van der Waals surface area contributed by atoms with E-state index in [9.17, 15) is 9.59 Å². The number of amides is 2. The molecule has 0 aliphatic carbocycles. The highest BCUT2D eigenvalue weighted by Crippen LogP contribution is 2.22. The molecule has 164 valence electrons. The number of ether oxygens (including phenoxy) is 3. The predicted molar refractivity (Wildman–Crippen MR) is 121 cm³/mol. The molecule has 0 heterocycles. The Hall–Kier alpha value is -4.33. The van der Waals surface area contributed by atoms with Crippen molar-refractivity contribution in [1.82, 2.24) is 5.43 Å². The van der Waals surface area contributed by atoms with E-state index in [-0.39, 0.29) is 25.0 Å². The number of benzene rings is 3. The standard InChI is InChI=1S/C24H23N3O5/c1-30-22-10-6-5-9-21(22)26-23(28)16-31-20-13-11-18(12-14-20)15-25-27-24(29)17-32-19-7-3-2-4-8-19/h2-15H,16-17H2,1H3,(H,26,28)(H,27,29)/b25-15+. The second kappa shape index (κ2) is 11.8. The molecule has 0 unspecified atom stereocenters. The summed E-state index contributed by atoms with van der Waals surface area (Å²) in [5.41, 5.74) is 3.73. The van der Waals surface area contributed by atoms with Crippen LogP contribution in [-0.2, 0) is 9.59 Å². The highest BCUT2D eigenvalue weighted by Gasteiger charge is 2.07. The van der Waals surface area contributed by atoms with Crippen molar-refractivity contribution in [3.8, 4) is 17.2 Å². The van der Waals surface area contributed by atoms with Crippen LogP contribution >= 0.6 is 0 Å². The molecule has 3 aromatic rings. The van der Waals surface area contributed by atoms with Crippen molar-refractivity contribution >= 4 is 23.7 Å². The number of nitrogens with one attached hydrogen (secondary N) is 2. The minimum absolute atomic E-state index is 0.134. The number of hydrogen-bond donors (Lipinski definition) is 2. The first-order chi connectivity index (χ1) is 15.6. The molecule has 0 radical (unpaired) electrons. The fourth-order valence-corrected chi connectivity index (χ4v) is 2.61. The number of nitrogens with zero attached hydrogens (tertiary/aromatic N) is 1. The van der Waals surface area contributed by atoms with Crippen molar-refractivity contribution in [2.24, 2.45) is 5.10 Å². The molecular weight excluding hydrogens is 410 g/mol. The van der Waals surface area contributed by atoms with Crippen LogP contribution in [0.3, 0.4) is 0 Å². The van der Waals surface area contributed by atoms with E-state index in [4.69, 9.17) is 14.2 Å². The number of hydrogen-bond acceptors (Lipinski definition) is 6. The fraction of sp³-hybridized carbons (Fsp3) is 0.125. The maximum absolute atomic E-state index is 12.1. The van der Waals surface area contributed by atoms with Crippen LogP contribution in [0.4, 0.5) is 5.69 Å². The molecule has 3 rings (SSSR count). The lowest BCUT2D eigenvalue weighted by Crippen LogP contribution is -2.24. The predicted octanol–water partition coefficient (Wildman–Crippen LogP) is 3.24. The van der Waals surface area contributed by atoms with Crippen LogP contribution in [0, 0.1) is 0 Å². The Kier molecular flexibility index (Phi) is 8.21. The monoisotopic (exact) mass is 433 g/mol. The van der Waals surface area contributed by atoms with Crippen molar-refractivity contribution in [3.63, 3.8) is 0 Å². The van der Waals surface area contributed by atoms with Gasteiger partial charge in [0.05, 0.1) is 19.0 Å². The summed E-state index contributed by atoms with van der Waals surface area (Å²) in [6.07, 6.45) is 1.50. The largest absolute Gasteiger partial charge is 0.495 e. The molecule has 8 nitrogen and oxygen atoms in total. The average Bonchev–Trinajstić information content (AvgIpc) is 2.83. The van der Waals surface area contributed by atoms with E-state index in [1.165, 1.54) is 13.3 Å². The van der Waals surface area contributed by atoms with Gasteiger partial charge in [-0.25, -0.2) is 5.43 Å². The third kappa shape index (κ3) is 7.17. The van der Waals surface area contributed by atoms with Crippen molar-refractivity contribution in [3.05, 3.63) is 84.4 Å². The second-order valence-electron chi connectivity index (χ2n) is 6.50. The van der Waals surface area contributed by atoms with E-state index in [0.717, 1.165) is 5.56 Å². The zero-order valence-electron chi connectivity index (χ0n) is 17.5. The molecule has 3 aromatic carbocycles. The van der Waals surface area contributed by atoms with Gasteiger partial charge in [0, 0.05) is 0 Å².